The Morgan fingerprint density at radius 2 is 1.87 bits per heavy atom. The minimum atomic E-state index is -0.111. The van der Waals surface area contributed by atoms with Crippen LogP contribution in [0, 0.1) is 34.5 Å². The van der Waals surface area contributed by atoms with Gasteiger partial charge < -0.3 is 9.53 Å². The highest BCUT2D eigenvalue weighted by molar-refractivity contribution is 5.88. The SMILES string of the molecule is C[C@]12CC[C@H]3[C@@H](CCC45OC4C(=O)CC[C@]35C)[C@@H]1CC[C@@H]2C=O. The largest absolute Gasteiger partial charge is 0.357 e. The molecule has 0 aromatic heterocycles. The molecule has 0 aromatic rings. The van der Waals surface area contributed by atoms with Gasteiger partial charge in [0.25, 0.3) is 0 Å². The molecule has 5 fully saturated rings. The van der Waals surface area contributed by atoms with E-state index in [1.54, 1.807) is 0 Å². The third kappa shape index (κ3) is 1.52. The van der Waals surface area contributed by atoms with E-state index in [1.807, 2.05) is 0 Å². The number of hydrogen-bond acceptors (Lipinski definition) is 3. The Balaban J connectivity index is 1.50. The summed E-state index contributed by atoms with van der Waals surface area (Å²) in [5.41, 5.74) is 0.313. The van der Waals surface area contributed by atoms with E-state index in [-0.39, 0.29) is 28.5 Å². The topological polar surface area (TPSA) is 46.7 Å². The highest BCUT2D eigenvalue weighted by Gasteiger charge is 2.76. The number of fused-ring (bicyclic) bond motifs is 4. The van der Waals surface area contributed by atoms with Crippen molar-refractivity contribution in [2.45, 2.75) is 76.9 Å². The molecule has 0 aromatic carbocycles. The van der Waals surface area contributed by atoms with E-state index in [2.05, 4.69) is 13.8 Å². The van der Waals surface area contributed by atoms with Gasteiger partial charge in [0.05, 0.1) is 0 Å². The molecule has 1 spiro atoms. The molecule has 4 aliphatic carbocycles. The summed E-state index contributed by atoms with van der Waals surface area (Å²) in [5, 5.41) is 0. The third-order valence-electron chi connectivity index (χ3n) is 9.19. The lowest BCUT2D eigenvalue weighted by Crippen LogP contribution is -2.58. The van der Waals surface area contributed by atoms with Crippen LogP contribution >= 0.6 is 0 Å². The van der Waals surface area contributed by atoms with Crippen LogP contribution in [-0.4, -0.2) is 23.8 Å². The van der Waals surface area contributed by atoms with Crippen molar-refractivity contribution in [2.75, 3.05) is 0 Å². The summed E-state index contributed by atoms with van der Waals surface area (Å²) in [6.45, 7) is 4.80. The second-order valence-electron chi connectivity index (χ2n) is 9.55. The number of rotatable bonds is 1. The second kappa shape index (κ2) is 4.28. The lowest BCUT2D eigenvalue weighted by molar-refractivity contribution is -0.134. The zero-order valence-corrected chi connectivity index (χ0v) is 14.3. The fourth-order valence-corrected chi connectivity index (χ4v) is 7.76. The van der Waals surface area contributed by atoms with Gasteiger partial charge in [0.2, 0.25) is 0 Å². The molecule has 2 unspecified atom stereocenters. The molecule has 5 aliphatic rings. The van der Waals surface area contributed by atoms with Crippen LogP contribution in [0.2, 0.25) is 0 Å². The van der Waals surface area contributed by atoms with Crippen LogP contribution < -0.4 is 0 Å². The van der Waals surface area contributed by atoms with Crippen LogP contribution in [0.15, 0.2) is 0 Å². The first-order valence-electron chi connectivity index (χ1n) is 9.62. The molecule has 1 aliphatic heterocycles. The molecule has 0 N–H and O–H groups in total. The molecule has 0 radical (unpaired) electrons. The Kier molecular flexibility index (Phi) is 2.72. The average Bonchev–Trinajstić information content (AvgIpc) is 3.19. The summed E-state index contributed by atoms with van der Waals surface area (Å²) < 4.78 is 6.11. The maximum atomic E-state index is 12.1. The highest BCUT2D eigenvalue weighted by atomic mass is 16.6. The van der Waals surface area contributed by atoms with Crippen molar-refractivity contribution in [3.8, 4) is 0 Å². The van der Waals surface area contributed by atoms with Gasteiger partial charge in [-0.05, 0) is 68.1 Å². The van der Waals surface area contributed by atoms with Gasteiger partial charge in [-0.15, -0.1) is 0 Å². The monoisotopic (exact) mass is 316 g/mol. The zero-order valence-electron chi connectivity index (χ0n) is 14.3. The van der Waals surface area contributed by atoms with Gasteiger partial charge in [0.1, 0.15) is 18.0 Å². The van der Waals surface area contributed by atoms with Gasteiger partial charge in [-0.1, -0.05) is 13.8 Å². The molecule has 0 bridgehead atoms. The predicted octanol–water partition coefficient (Wildman–Crippen LogP) is 3.54. The van der Waals surface area contributed by atoms with E-state index in [9.17, 15) is 9.59 Å². The number of aldehydes is 1. The molecule has 0 amide bonds. The van der Waals surface area contributed by atoms with Gasteiger partial charge in [0.15, 0.2) is 5.78 Å². The number of ether oxygens (including phenoxy) is 1. The number of carbonyl (C=O) groups is 2. The molecular formula is C20H28O3. The minimum absolute atomic E-state index is 0.0817. The van der Waals surface area contributed by atoms with Crippen molar-refractivity contribution in [3.05, 3.63) is 0 Å². The number of Topliss-reactive ketones (excluding diaryl/α,β-unsaturated/α-hetero) is 1. The summed E-state index contributed by atoms with van der Waals surface area (Å²) in [4.78, 5) is 23.7. The van der Waals surface area contributed by atoms with Crippen molar-refractivity contribution in [1.82, 2.24) is 0 Å². The summed E-state index contributed by atoms with van der Waals surface area (Å²) in [7, 11) is 0. The van der Waals surface area contributed by atoms with Crippen LogP contribution in [-0.2, 0) is 14.3 Å². The van der Waals surface area contributed by atoms with E-state index >= 15 is 0 Å². The lowest BCUT2D eigenvalue weighted by Gasteiger charge is -2.59. The van der Waals surface area contributed by atoms with Crippen LogP contribution in [0.3, 0.4) is 0 Å². The van der Waals surface area contributed by atoms with E-state index in [0.717, 1.165) is 25.2 Å². The Labute approximate surface area is 138 Å². The number of carbonyl (C=O) groups excluding carboxylic acids is 2. The van der Waals surface area contributed by atoms with Crippen molar-refractivity contribution >= 4 is 12.1 Å². The summed E-state index contributed by atoms with van der Waals surface area (Å²) in [6.07, 6.45) is 9.90. The molecule has 1 heterocycles. The molecule has 3 nitrogen and oxygen atoms in total. The Bertz CT molecular complexity index is 585. The smallest absolute Gasteiger partial charge is 0.164 e. The van der Waals surface area contributed by atoms with Crippen LogP contribution in [0.5, 0.6) is 0 Å². The van der Waals surface area contributed by atoms with E-state index in [1.165, 1.54) is 32.0 Å². The molecular weight excluding hydrogens is 288 g/mol. The standard InChI is InChI=1S/C20H28O3/c1-18-8-6-15-13(14(18)4-3-12(18)11-21)5-10-20-17(23-20)16(22)7-9-19(15,20)2/h11-15,17H,3-10H2,1-2H3/t12-,13+,14+,15+,17?,18-,19-,20?/m1/s1. The lowest BCUT2D eigenvalue weighted by atomic mass is 9.44. The van der Waals surface area contributed by atoms with Gasteiger partial charge in [-0.2, -0.15) is 0 Å². The molecule has 5 rings (SSSR count). The first kappa shape index (κ1) is 14.6. The summed E-state index contributed by atoms with van der Waals surface area (Å²) >= 11 is 0. The van der Waals surface area contributed by atoms with Gasteiger partial charge in [0, 0.05) is 17.8 Å². The molecule has 126 valence electrons. The van der Waals surface area contributed by atoms with Crippen LogP contribution in [0.1, 0.15) is 65.2 Å². The molecule has 23 heavy (non-hydrogen) atoms. The van der Waals surface area contributed by atoms with Crippen molar-refractivity contribution in [1.29, 1.82) is 0 Å². The molecule has 8 atom stereocenters. The van der Waals surface area contributed by atoms with Crippen LogP contribution in [0.4, 0.5) is 0 Å². The molecule has 1 saturated heterocycles. The first-order valence-corrected chi connectivity index (χ1v) is 9.62. The normalized spacial score (nSPS) is 60.3. The quantitative estimate of drug-likeness (QED) is 0.549. The Morgan fingerprint density at radius 1 is 1.04 bits per heavy atom. The predicted molar refractivity (Wildman–Crippen MR) is 85.8 cm³/mol. The summed E-state index contributed by atoms with van der Waals surface area (Å²) in [6, 6.07) is 0. The van der Waals surface area contributed by atoms with Crippen molar-refractivity contribution < 1.29 is 14.3 Å². The van der Waals surface area contributed by atoms with Gasteiger partial charge in [-0.25, -0.2) is 0 Å². The number of hydrogen-bond donors (Lipinski definition) is 0. The summed E-state index contributed by atoms with van der Waals surface area (Å²) in [5.74, 6) is 2.77. The molecule has 4 saturated carbocycles. The van der Waals surface area contributed by atoms with E-state index < -0.39 is 0 Å². The molecule has 3 heteroatoms. The third-order valence-corrected chi connectivity index (χ3v) is 9.19. The number of ketones is 1. The van der Waals surface area contributed by atoms with E-state index in [0.29, 0.717) is 24.0 Å². The fraction of sp³-hybridized carbons (Fsp3) is 0.900. The highest BCUT2D eigenvalue weighted by Crippen LogP contribution is 2.72. The van der Waals surface area contributed by atoms with Crippen LogP contribution in [0.25, 0.3) is 0 Å². The fourth-order valence-electron chi connectivity index (χ4n) is 7.76. The Morgan fingerprint density at radius 3 is 2.65 bits per heavy atom. The second-order valence-corrected chi connectivity index (χ2v) is 9.55. The van der Waals surface area contributed by atoms with Gasteiger partial charge in [-0.3, -0.25) is 4.79 Å². The van der Waals surface area contributed by atoms with Crippen molar-refractivity contribution in [3.63, 3.8) is 0 Å². The van der Waals surface area contributed by atoms with E-state index in [4.69, 9.17) is 4.74 Å². The Hall–Kier alpha value is -0.700. The maximum Gasteiger partial charge on any atom is 0.164 e. The zero-order chi connectivity index (χ0) is 16.0. The number of epoxide rings is 1. The maximum absolute atomic E-state index is 12.1. The van der Waals surface area contributed by atoms with Gasteiger partial charge >= 0.3 is 0 Å². The first-order chi connectivity index (χ1) is 11.0. The van der Waals surface area contributed by atoms with Crippen molar-refractivity contribution in [2.24, 2.45) is 34.5 Å². The average molecular weight is 316 g/mol. The minimum Gasteiger partial charge on any atom is -0.357 e.